The maximum atomic E-state index is 13.1. The largest absolute Gasteiger partial charge is 0.354 e. The van der Waals surface area contributed by atoms with Crippen molar-refractivity contribution in [1.29, 1.82) is 0 Å². The van der Waals surface area contributed by atoms with Crippen molar-refractivity contribution in [3.05, 3.63) is 65.5 Å². The smallest absolute Gasteiger partial charge is 0.325 e. The van der Waals surface area contributed by atoms with Gasteiger partial charge in [-0.2, -0.15) is 0 Å². The number of H-pyrrole nitrogens is 1. The number of fused-ring (bicyclic) bond motifs is 1. The fraction of sp³-hybridized carbons (Fsp3) is 0.360. The summed E-state index contributed by atoms with van der Waals surface area (Å²) in [5.41, 5.74) is 2.40. The molecule has 1 aliphatic rings. The summed E-state index contributed by atoms with van der Waals surface area (Å²) in [4.78, 5) is 46.7. The average Bonchev–Trinajstić information content (AvgIpc) is 3.27. The highest BCUT2D eigenvalue weighted by Crippen LogP contribution is 2.31. The van der Waals surface area contributed by atoms with Crippen LogP contribution in [-0.2, 0) is 27.0 Å². The lowest BCUT2D eigenvalue weighted by atomic mass is 9.84. The number of nitrogens with zero attached hydrogens (tertiary/aromatic N) is 2. The van der Waals surface area contributed by atoms with Crippen molar-refractivity contribution in [2.24, 2.45) is 0 Å². The number of urea groups is 1. The number of amides is 4. The first kappa shape index (κ1) is 22.5. The summed E-state index contributed by atoms with van der Waals surface area (Å²) in [5.74, 6) is -0.0804. The summed E-state index contributed by atoms with van der Waals surface area (Å²) < 4.78 is 0. The number of imide groups is 1. The molecule has 4 rings (SSSR count). The number of aromatic nitrogens is 2. The van der Waals surface area contributed by atoms with E-state index >= 15 is 0 Å². The third-order valence-corrected chi connectivity index (χ3v) is 6.03. The normalized spacial score (nSPS) is 18.6. The lowest BCUT2D eigenvalue weighted by molar-refractivity contribution is -0.134. The molecule has 1 atom stereocenters. The third kappa shape index (κ3) is 4.46. The van der Waals surface area contributed by atoms with Crippen molar-refractivity contribution in [3.63, 3.8) is 0 Å². The molecule has 8 nitrogen and oxygen atoms in total. The van der Waals surface area contributed by atoms with E-state index in [1.807, 2.05) is 48.5 Å². The van der Waals surface area contributed by atoms with E-state index in [1.54, 1.807) is 6.92 Å². The molecule has 2 heterocycles. The minimum atomic E-state index is -1.21. The first-order chi connectivity index (χ1) is 15.6. The molecule has 1 aliphatic heterocycles. The molecule has 0 spiro atoms. The summed E-state index contributed by atoms with van der Waals surface area (Å²) in [7, 11) is 0. The lowest BCUT2D eigenvalue weighted by Gasteiger charge is -2.24. The Hall–Kier alpha value is -3.68. The number of para-hydroxylation sites is 2. The Kier molecular flexibility index (Phi) is 5.69. The second-order valence-corrected chi connectivity index (χ2v) is 9.57. The Morgan fingerprint density at radius 1 is 1.09 bits per heavy atom. The zero-order valence-corrected chi connectivity index (χ0v) is 19.4. The van der Waals surface area contributed by atoms with Crippen LogP contribution in [0.5, 0.6) is 0 Å². The molecule has 0 saturated carbocycles. The summed E-state index contributed by atoms with van der Waals surface area (Å²) >= 11 is 0. The molecule has 1 unspecified atom stereocenters. The van der Waals surface area contributed by atoms with Crippen molar-refractivity contribution < 1.29 is 14.4 Å². The molecule has 0 bridgehead atoms. The maximum absolute atomic E-state index is 13.1. The Bertz CT molecular complexity index is 1180. The molecule has 0 aliphatic carbocycles. The highest BCUT2D eigenvalue weighted by Gasteiger charge is 2.49. The SMILES string of the molecule is CC(C)(C)c1ccc(C2(C)NC(=O)N(CC(=O)NCCc3nc4ccccc4[nH]3)C2=O)cc1. The summed E-state index contributed by atoms with van der Waals surface area (Å²) in [5, 5.41) is 5.51. The van der Waals surface area contributed by atoms with Gasteiger partial charge in [0.2, 0.25) is 5.91 Å². The van der Waals surface area contributed by atoms with Gasteiger partial charge in [-0.25, -0.2) is 9.78 Å². The van der Waals surface area contributed by atoms with Crippen LogP contribution < -0.4 is 10.6 Å². The van der Waals surface area contributed by atoms with Crippen LogP contribution in [0.3, 0.4) is 0 Å². The fourth-order valence-electron chi connectivity index (χ4n) is 3.98. The second-order valence-electron chi connectivity index (χ2n) is 9.57. The van der Waals surface area contributed by atoms with E-state index in [0.29, 0.717) is 18.5 Å². The summed E-state index contributed by atoms with van der Waals surface area (Å²) in [6.45, 7) is 8.01. The van der Waals surface area contributed by atoms with Gasteiger partial charge in [0.05, 0.1) is 11.0 Å². The highest BCUT2D eigenvalue weighted by atomic mass is 16.2. The molecule has 1 fully saturated rings. The number of hydrogen-bond acceptors (Lipinski definition) is 4. The van der Waals surface area contributed by atoms with E-state index in [2.05, 4.69) is 41.4 Å². The third-order valence-electron chi connectivity index (χ3n) is 6.03. The van der Waals surface area contributed by atoms with Gasteiger partial charge in [-0.3, -0.25) is 14.5 Å². The van der Waals surface area contributed by atoms with Gasteiger partial charge >= 0.3 is 6.03 Å². The van der Waals surface area contributed by atoms with E-state index in [4.69, 9.17) is 0 Å². The Balaban J connectivity index is 1.36. The fourth-order valence-corrected chi connectivity index (χ4v) is 3.98. The van der Waals surface area contributed by atoms with Crippen LogP contribution in [0, 0.1) is 0 Å². The van der Waals surface area contributed by atoms with Crippen molar-refractivity contribution in [1.82, 2.24) is 25.5 Å². The van der Waals surface area contributed by atoms with Gasteiger partial charge in [-0.1, -0.05) is 57.2 Å². The number of carbonyl (C=O) groups excluding carboxylic acids is 3. The van der Waals surface area contributed by atoms with Gasteiger partial charge in [-0.05, 0) is 35.6 Å². The molecule has 1 saturated heterocycles. The van der Waals surface area contributed by atoms with Gasteiger partial charge in [0.1, 0.15) is 17.9 Å². The van der Waals surface area contributed by atoms with E-state index in [-0.39, 0.29) is 12.0 Å². The molecule has 1 aromatic heterocycles. The number of imidazole rings is 1. The van der Waals surface area contributed by atoms with E-state index < -0.39 is 23.4 Å². The van der Waals surface area contributed by atoms with Gasteiger partial charge in [0.25, 0.3) is 5.91 Å². The summed E-state index contributed by atoms with van der Waals surface area (Å²) in [6, 6.07) is 14.8. The number of aromatic amines is 1. The number of hydrogen-bond donors (Lipinski definition) is 3. The van der Waals surface area contributed by atoms with Gasteiger partial charge in [0, 0.05) is 13.0 Å². The minimum absolute atomic E-state index is 0.0190. The van der Waals surface area contributed by atoms with Crippen LogP contribution in [0.15, 0.2) is 48.5 Å². The van der Waals surface area contributed by atoms with Crippen LogP contribution in [-0.4, -0.2) is 45.8 Å². The number of benzene rings is 2. The monoisotopic (exact) mass is 447 g/mol. The highest BCUT2D eigenvalue weighted by molar-refractivity contribution is 6.09. The molecule has 33 heavy (non-hydrogen) atoms. The number of carbonyl (C=O) groups is 3. The first-order valence-corrected chi connectivity index (χ1v) is 11.0. The van der Waals surface area contributed by atoms with Crippen LogP contribution >= 0.6 is 0 Å². The molecule has 8 heteroatoms. The van der Waals surface area contributed by atoms with Crippen molar-refractivity contribution in [3.8, 4) is 0 Å². The minimum Gasteiger partial charge on any atom is -0.354 e. The Labute approximate surface area is 192 Å². The molecule has 3 aromatic rings. The molecular formula is C25H29N5O3. The zero-order valence-electron chi connectivity index (χ0n) is 19.4. The quantitative estimate of drug-likeness (QED) is 0.505. The Morgan fingerprint density at radius 3 is 2.45 bits per heavy atom. The first-order valence-electron chi connectivity index (χ1n) is 11.0. The topological polar surface area (TPSA) is 107 Å². The van der Waals surface area contributed by atoms with Crippen molar-refractivity contribution >= 4 is 28.9 Å². The van der Waals surface area contributed by atoms with Gasteiger partial charge in [0.15, 0.2) is 0 Å². The van der Waals surface area contributed by atoms with Crippen LogP contribution in [0.4, 0.5) is 4.79 Å². The van der Waals surface area contributed by atoms with Gasteiger partial charge < -0.3 is 15.6 Å². The Morgan fingerprint density at radius 2 is 1.79 bits per heavy atom. The number of nitrogens with one attached hydrogen (secondary N) is 3. The summed E-state index contributed by atoms with van der Waals surface area (Å²) in [6.07, 6.45) is 0.512. The zero-order chi connectivity index (χ0) is 23.8. The molecule has 0 radical (unpaired) electrons. The molecular weight excluding hydrogens is 418 g/mol. The molecule has 3 N–H and O–H groups in total. The van der Waals surface area contributed by atoms with E-state index in [0.717, 1.165) is 27.3 Å². The van der Waals surface area contributed by atoms with Crippen molar-refractivity contribution in [2.75, 3.05) is 13.1 Å². The standard InChI is InChI=1S/C25H29N5O3/c1-24(2,3)16-9-11-17(12-10-16)25(4)22(32)30(23(33)29-25)15-21(31)26-14-13-20-27-18-7-5-6-8-19(18)28-20/h5-12H,13-15H2,1-4H3,(H,26,31)(H,27,28)(H,29,33). The molecule has 4 amide bonds. The molecule has 172 valence electrons. The lowest BCUT2D eigenvalue weighted by Crippen LogP contribution is -2.43. The molecule has 2 aromatic carbocycles. The average molecular weight is 448 g/mol. The van der Waals surface area contributed by atoms with Crippen LogP contribution in [0.2, 0.25) is 0 Å². The van der Waals surface area contributed by atoms with E-state index in [9.17, 15) is 14.4 Å². The predicted molar refractivity (Wildman–Crippen MR) is 126 cm³/mol. The second kappa shape index (κ2) is 8.35. The predicted octanol–water partition coefficient (Wildman–Crippen LogP) is 2.99. The van der Waals surface area contributed by atoms with Crippen LogP contribution in [0.1, 0.15) is 44.6 Å². The number of rotatable bonds is 6. The maximum Gasteiger partial charge on any atom is 0.325 e. The van der Waals surface area contributed by atoms with Gasteiger partial charge in [-0.15, -0.1) is 0 Å². The van der Waals surface area contributed by atoms with Crippen molar-refractivity contribution in [2.45, 2.75) is 45.1 Å². The van der Waals surface area contributed by atoms with E-state index in [1.165, 1.54) is 0 Å². The van der Waals surface area contributed by atoms with Crippen LogP contribution in [0.25, 0.3) is 11.0 Å².